The molecule has 0 saturated heterocycles. The number of carboxylic acid groups (broad SMARTS) is 1. The Kier molecular flexibility index (Phi) is 4.06. The van der Waals surface area contributed by atoms with E-state index in [0.29, 0.717) is 24.2 Å². The van der Waals surface area contributed by atoms with Gasteiger partial charge in [0, 0.05) is 13.0 Å². The number of aryl methyl sites for hydroxylation is 1. The highest BCUT2D eigenvalue weighted by molar-refractivity contribution is 7.10. The Morgan fingerprint density at radius 3 is 3.07 bits per heavy atom. The number of nitrogens with zero attached hydrogens (tertiary/aromatic N) is 2. The highest BCUT2D eigenvalue weighted by Gasteiger charge is 2.08. The molecule has 0 bridgehead atoms. The topological polar surface area (TPSA) is 86.0 Å². The molecule has 0 aliphatic rings. The molecule has 0 spiro atoms. The summed E-state index contributed by atoms with van der Waals surface area (Å²) in [6, 6.07) is 2.06. The lowest BCUT2D eigenvalue weighted by Crippen LogP contribution is -2.04. The summed E-state index contributed by atoms with van der Waals surface area (Å²) in [5.74, 6) is -0.808. The summed E-state index contributed by atoms with van der Waals surface area (Å²) in [5, 5.41) is 21.0. The number of carboxylic acids is 1. The molecule has 5 nitrogen and oxygen atoms in total. The van der Waals surface area contributed by atoms with Gasteiger partial charge in [0.15, 0.2) is 0 Å². The molecule has 1 heterocycles. The third-order valence-electron chi connectivity index (χ3n) is 1.83. The molecule has 0 aliphatic carbocycles. The minimum Gasteiger partial charge on any atom is -0.481 e. The van der Waals surface area contributed by atoms with E-state index < -0.39 is 5.97 Å². The van der Waals surface area contributed by atoms with Crippen molar-refractivity contribution in [1.82, 2.24) is 4.37 Å². The monoisotopic (exact) mass is 225 g/mol. The second-order valence-electron chi connectivity index (χ2n) is 3.01. The van der Waals surface area contributed by atoms with Gasteiger partial charge in [0.1, 0.15) is 16.6 Å². The minimum atomic E-state index is -0.808. The predicted molar refractivity (Wildman–Crippen MR) is 56.9 cm³/mol. The standard InChI is InChI=1S/C9H11N3O2S/c1-6-7(5-10)9(15-12-6)11-4-2-3-8(13)14/h11H,2-4H2,1H3,(H,13,14). The molecule has 15 heavy (non-hydrogen) atoms. The SMILES string of the molecule is Cc1nsc(NCCCC(=O)O)c1C#N. The zero-order chi connectivity index (χ0) is 11.3. The van der Waals surface area contributed by atoms with Gasteiger partial charge in [0.05, 0.1) is 5.69 Å². The van der Waals surface area contributed by atoms with Crippen molar-refractivity contribution < 1.29 is 9.90 Å². The van der Waals surface area contributed by atoms with E-state index in [2.05, 4.69) is 15.8 Å². The van der Waals surface area contributed by atoms with Crippen LogP contribution in [-0.2, 0) is 4.79 Å². The smallest absolute Gasteiger partial charge is 0.303 e. The van der Waals surface area contributed by atoms with E-state index in [4.69, 9.17) is 10.4 Å². The van der Waals surface area contributed by atoms with E-state index in [-0.39, 0.29) is 6.42 Å². The van der Waals surface area contributed by atoms with E-state index in [9.17, 15) is 4.79 Å². The van der Waals surface area contributed by atoms with Gasteiger partial charge in [-0.3, -0.25) is 4.79 Å². The lowest BCUT2D eigenvalue weighted by Gasteiger charge is -2.01. The normalized spacial score (nSPS) is 9.60. The molecule has 2 N–H and O–H groups in total. The molecule has 0 amide bonds. The van der Waals surface area contributed by atoms with Gasteiger partial charge in [-0.15, -0.1) is 0 Å². The van der Waals surface area contributed by atoms with E-state index >= 15 is 0 Å². The second kappa shape index (κ2) is 5.32. The Morgan fingerprint density at radius 1 is 1.73 bits per heavy atom. The lowest BCUT2D eigenvalue weighted by molar-refractivity contribution is -0.137. The average Bonchev–Trinajstić information content (AvgIpc) is 2.53. The number of aromatic nitrogens is 1. The van der Waals surface area contributed by atoms with E-state index in [1.807, 2.05) is 0 Å². The molecular weight excluding hydrogens is 214 g/mol. The number of carbonyl (C=O) groups is 1. The van der Waals surface area contributed by atoms with Crippen LogP contribution in [-0.4, -0.2) is 22.0 Å². The Hall–Kier alpha value is -1.61. The summed E-state index contributed by atoms with van der Waals surface area (Å²) < 4.78 is 4.04. The maximum absolute atomic E-state index is 10.2. The third-order valence-corrected chi connectivity index (χ3v) is 2.72. The van der Waals surface area contributed by atoms with Gasteiger partial charge in [-0.1, -0.05) is 0 Å². The molecule has 0 aromatic carbocycles. The van der Waals surface area contributed by atoms with Crippen LogP contribution in [0.1, 0.15) is 24.1 Å². The van der Waals surface area contributed by atoms with Crippen LogP contribution in [0.25, 0.3) is 0 Å². The zero-order valence-corrected chi connectivity index (χ0v) is 9.10. The van der Waals surface area contributed by atoms with Gasteiger partial charge in [0.2, 0.25) is 0 Å². The first kappa shape index (κ1) is 11.5. The summed E-state index contributed by atoms with van der Waals surface area (Å²) in [6.07, 6.45) is 0.670. The fourth-order valence-electron chi connectivity index (χ4n) is 1.06. The number of hydrogen-bond donors (Lipinski definition) is 2. The zero-order valence-electron chi connectivity index (χ0n) is 8.28. The molecule has 6 heteroatoms. The summed E-state index contributed by atoms with van der Waals surface area (Å²) >= 11 is 1.23. The van der Waals surface area contributed by atoms with E-state index in [0.717, 1.165) is 5.00 Å². The Morgan fingerprint density at radius 2 is 2.47 bits per heavy atom. The van der Waals surface area contributed by atoms with E-state index in [1.165, 1.54) is 11.5 Å². The Balaban J connectivity index is 2.45. The van der Waals surface area contributed by atoms with Gasteiger partial charge in [-0.2, -0.15) is 9.64 Å². The van der Waals surface area contributed by atoms with Gasteiger partial charge in [0.25, 0.3) is 0 Å². The average molecular weight is 225 g/mol. The van der Waals surface area contributed by atoms with Gasteiger partial charge < -0.3 is 10.4 Å². The summed E-state index contributed by atoms with van der Waals surface area (Å²) in [6.45, 7) is 2.32. The maximum Gasteiger partial charge on any atom is 0.303 e. The van der Waals surface area contributed by atoms with E-state index in [1.54, 1.807) is 6.92 Å². The number of rotatable bonds is 5. The molecule has 1 aromatic heterocycles. The second-order valence-corrected chi connectivity index (χ2v) is 3.78. The highest BCUT2D eigenvalue weighted by atomic mass is 32.1. The van der Waals surface area contributed by atoms with Gasteiger partial charge >= 0.3 is 5.97 Å². The molecule has 0 fully saturated rings. The minimum absolute atomic E-state index is 0.132. The van der Waals surface area contributed by atoms with Crippen LogP contribution in [0.5, 0.6) is 0 Å². The first-order chi connectivity index (χ1) is 7.15. The predicted octanol–water partition coefficient (Wildman–Crippen LogP) is 1.60. The van der Waals surface area contributed by atoms with Crippen LogP contribution in [0.3, 0.4) is 0 Å². The molecule has 0 saturated carbocycles. The lowest BCUT2D eigenvalue weighted by atomic mass is 10.2. The molecule has 0 unspecified atom stereocenters. The van der Waals surface area contributed by atoms with Crippen LogP contribution in [0.15, 0.2) is 0 Å². The van der Waals surface area contributed by atoms with Crippen molar-refractivity contribution in [1.29, 1.82) is 5.26 Å². The van der Waals surface area contributed by atoms with Crippen LogP contribution >= 0.6 is 11.5 Å². The first-order valence-corrected chi connectivity index (χ1v) is 5.24. The van der Waals surface area contributed by atoms with Crippen molar-refractivity contribution >= 4 is 22.5 Å². The fourth-order valence-corrected chi connectivity index (χ4v) is 1.83. The Bertz CT molecular complexity index is 395. The summed E-state index contributed by atoms with van der Waals surface area (Å²) in [5.41, 5.74) is 1.26. The van der Waals surface area contributed by atoms with Crippen molar-refractivity contribution in [3.63, 3.8) is 0 Å². The third kappa shape index (κ3) is 3.22. The quantitative estimate of drug-likeness (QED) is 0.743. The van der Waals surface area contributed by atoms with Crippen LogP contribution < -0.4 is 5.32 Å². The van der Waals surface area contributed by atoms with Gasteiger partial charge in [-0.25, -0.2) is 0 Å². The molecule has 0 aliphatic heterocycles. The summed E-state index contributed by atoms with van der Waals surface area (Å²) in [7, 11) is 0. The van der Waals surface area contributed by atoms with Crippen molar-refractivity contribution in [2.75, 3.05) is 11.9 Å². The number of aliphatic carboxylic acids is 1. The van der Waals surface area contributed by atoms with Crippen LogP contribution in [0.2, 0.25) is 0 Å². The largest absolute Gasteiger partial charge is 0.481 e. The summed E-state index contributed by atoms with van der Waals surface area (Å²) in [4.78, 5) is 10.2. The van der Waals surface area contributed by atoms with Crippen LogP contribution in [0.4, 0.5) is 5.00 Å². The Labute approximate surface area is 91.5 Å². The van der Waals surface area contributed by atoms with Crippen LogP contribution in [0, 0.1) is 18.3 Å². The molecule has 0 atom stereocenters. The van der Waals surface area contributed by atoms with Crippen molar-refractivity contribution in [3.8, 4) is 6.07 Å². The maximum atomic E-state index is 10.2. The molecular formula is C9H11N3O2S. The number of hydrogen-bond acceptors (Lipinski definition) is 5. The molecule has 0 radical (unpaired) electrons. The fraction of sp³-hybridized carbons (Fsp3) is 0.444. The van der Waals surface area contributed by atoms with Crippen molar-refractivity contribution in [3.05, 3.63) is 11.3 Å². The van der Waals surface area contributed by atoms with Crippen molar-refractivity contribution in [2.24, 2.45) is 0 Å². The number of anilines is 1. The van der Waals surface area contributed by atoms with Crippen molar-refractivity contribution in [2.45, 2.75) is 19.8 Å². The highest BCUT2D eigenvalue weighted by Crippen LogP contribution is 2.23. The first-order valence-electron chi connectivity index (χ1n) is 4.47. The molecule has 80 valence electrons. The molecule has 1 aromatic rings. The molecule has 1 rings (SSSR count). The number of nitriles is 1. The number of nitrogens with one attached hydrogen (secondary N) is 1. The van der Waals surface area contributed by atoms with Gasteiger partial charge in [-0.05, 0) is 24.9 Å².